The number of hydrogen-bond donors (Lipinski definition) is 1. The van der Waals surface area contributed by atoms with E-state index in [0.717, 1.165) is 24.0 Å². The molecular weight excluding hydrogens is 264 g/mol. The maximum atomic E-state index is 5.73. The molecule has 0 saturated carbocycles. The van der Waals surface area contributed by atoms with E-state index in [-0.39, 0.29) is 5.41 Å². The minimum atomic E-state index is 0.218. The molecule has 0 fully saturated rings. The fraction of sp³-hybridized carbons (Fsp3) is 0.538. The highest BCUT2D eigenvalue weighted by Crippen LogP contribution is 2.26. The van der Waals surface area contributed by atoms with Gasteiger partial charge in [-0.25, -0.2) is 0 Å². The molecule has 1 aromatic rings. The number of anilines is 1. The first-order chi connectivity index (χ1) is 7.46. The molecule has 0 amide bonds. The van der Waals surface area contributed by atoms with Gasteiger partial charge in [-0.15, -0.1) is 0 Å². The molecule has 0 aromatic heterocycles. The molecule has 2 nitrogen and oxygen atoms in total. The second kappa shape index (κ2) is 5.69. The Morgan fingerprint density at radius 3 is 2.50 bits per heavy atom. The lowest BCUT2D eigenvalue weighted by Gasteiger charge is -2.27. The van der Waals surface area contributed by atoms with Crippen molar-refractivity contribution in [2.45, 2.75) is 20.3 Å². The highest BCUT2D eigenvalue weighted by atomic mass is 79.9. The summed E-state index contributed by atoms with van der Waals surface area (Å²) >= 11 is 3.57. The highest BCUT2D eigenvalue weighted by molar-refractivity contribution is 9.10. The molecular formula is C13H21BrN2. The van der Waals surface area contributed by atoms with Crippen molar-refractivity contribution in [3.63, 3.8) is 0 Å². The lowest BCUT2D eigenvalue weighted by atomic mass is 9.89. The molecule has 0 heterocycles. The normalized spacial score (nSPS) is 11.6. The van der Waals surface area contributed by atoms with Crippen LogP contribution >= 0.6 is 15.9 Å². The van der Waals surface area contributed by atoms with E-state index in [4.69, 9.17) is 5.73 Å². The standard InChI is InChI=1S/C13H21BrN2/c1-13(2,10-15)8-9-16(3)12-7-5-4-6-11(12)14/h4-7H,8-10,15H2,1-3H3. The number of hydrogen-bond acceptors (Lipinski definition) is 2. The predicted octanol–water partition coefficient (Wildman–Crippen LogP) is 3.26. The Kier molecular flexibility index (Phi) is 4.81. The zero-order valence-electron chi connectivity index (χ0n) is 10.3. The van der Waals surface area contributed by atoms with Crippen LogP contribution in [0.4, 0.5) is 5.69 Å². The third kappa shape index (κ3) is 3.80. The summed E-state index contributed by atoms with van der Waals surface area (Å²) in [6.45, 7) is 6.17. The molecule has 1 aromatic carbocycles. The summed E-state index contributed by atoms with van der Waals surface area (Å²) in [5.41, 5.74) is 7.18. The minimum Gasteiger partial charge on any atom is -0.374 e. The molecule has 16 heavy (non-hydrogen) atoms. The summed E-state index contributed by atoms with van der Waals surface area (Å²) < 4.78 is 1.14. The third-order valence-electron chi connectivity index (χ3n) is 2.94. The monoisotopic (exact) mass is 284 g/mol. The van der Waals surface area contributed by atoms with E-state index in [1.165, 1.54) is 5.69 Å². The zero-order chi connectivity index (χ0) is 12.2. The zero-order valence-corrected chi connectivity index (χ0v) is 11.9. The molecule has 0 radical (unpaired) electrons. The molecule has 0 unspecified atom stereocenters. The van der Waals surface area contributed by atoms with Gasteiger partial charge in [0.2, 0.25) is 0 Å². The molecule has 0 spiro atoms. The summed E-state index contributed by atoms with van der Waals surface area (Å²) in [5, 5.41) is 0. The summed E-state index contributed by atoms with van der Waals surface area (Å²) in [7, 11) is 2.12. The molecule has 90 valence electrons. The van der Waals surface area contributed by atoms with E-state index in [1.807, 2.05) is 6.07 Å². The largest absolute Gasteiger partial charge is 0.374 e. The number of nitrogens with zero attached hydrogens (tertiary/aromatic N) is 1. The van der Waals surface area contributed by atoms with Crippen LogP contribution in [0.25, 0.3) is 0 Å². The average molecular weight is 285 g/mol. The van der Waals surface area contributed by atoms with E-state index in [9.17, 15) is 0 Å². The molecule has 0 saturated heterocycles. The minimum absolute atomic E-state index is 0.218. The molecule has 0 aliphatic carbocycles. The van der Waals surface area contributed by atoms with Crippen molar-refractivity contribution >= 4 is 21.6 Å². The van der Waals surface area contributed by atoms with Crippen LogP contribution in [0, 0.1) is 5.41 Å². The fourth-order valence-electron chi connectivity index (χ4n) is 1.45. The van der Waals surface area contributed by atoms with Crippen LogP contribution < -0.4 is 10.6 Å². The average Bonchev–Trinajstić information content (AvgIpc) is 2.27. The van der Waals surface area contributed by atoms with Crippen molar-refractivity contribution < 1.29 is 0 Å². The molecule has 0 aliphatic heterocycles. The maximum Gasteiger partial charge on any atom is 0.0508 e. The van der Waals surface area contributed by atoms with Crippen LogP contribution in [0.1, 0.15) is 20.3 Å². The maximum absolute atomic E-state index is 5.73. The van der Waals surface area contributed by atoms with Gasteiger partial charge in [0.15, 0.2) is 0 Å². The van der Waals surface area contributed by atoms with Crippen molar-refractivity contribution in [1.82, 2.24) is 0 Å². The van der Waals surface area contributed by atoms with Gasteiger partial charge in [0, 0.05) is 18.1 Å². The summed E-state index contributed by atoms with van der Waals surface area (Å²) in [6, 6.07) is 8.29. The topological polar surface area (TPSA) is 29.3 Å². The van der Waals surface area contributed by atoms with Crippen LogP contribution in [-0.2, 0) is 0 Å². The number of nitrogens with two attached hydrogens (primary N) is 1. The Bertz CT molecular complexity index is 336. The quantitative estimate of drug-likeness (QED) is 0.899. The van der Waals surface area contributed by atoms with Crippen LogP contribution in [0.5, 0.6) is 0 Å². The van der Waals surface area contributed by atoms with Gasteiger partial charge in [0.05, 0.1) is 5.69 Å². The Labute approximate surface area is 107 Å². The number of halogens is 1. The molecule has 2 N–H and O–H groups in total. The number of rotatable bonds is 5. The molecule has 1 rings (SSSR count). The van der Waals surface area contributed by atoms with Gasteiger partial charge in [-0.05, 0) is 46.4 Å². The van der Waals surface area contributed by atoms with Crippen molar-refractivity contribution in [3.05, 3.63) is 28.7 Å². The van der Waals surface area contributed by atoms with E-state index in [2.05, 4.69) is 59.9 Å². The lowest BCUT2D eigenvalue weighted by molar-refractivity contribution is 0.351. The number of benzene rings is 1. The van der Waals surface area contributed by atoms with Crippen LogP contribution in [-0.4, -0.2) is 20.1 Å². The Morgan fingerprint density at radius 1 is 1.31 bits per heavy atom. The molecule has 0 aliphatic rings. The fourth-order valence-corrected chi connectivity index (χ4v) is 2.04. The SMILES string of the molecule is CN(CCC(C)(C)CN)c1ccccc1Br. The van der Waals surface area contributed by atoms with E-state index >= 15 is 0 Å². The van der Waals surface area contributed by atoms with Crippen LogP contribution in [0.2, 0.25) is 0 Å². The molecule has 3 heteroatoms. The van der Waals surface area contributed by atoms with Gasteiger partial charge in [0.25, 0.3) is 0 Å². The molecule has 0 atom stereocenters. The lowest BCUT2D eigenvalue weighted by Crippen LogP contribution is -2.29. The van der Waals surface area contributed by atoms with E-state index < -0.39 is 0 Å². The predicted molar refractivity (Wildman–Crippen MR) is 74.9 cm³/mol. The molecule has 0 bridgehead atoms. The Hall–Kier alpha value is -0.540. The van der Waals surface area contributed by atoms with Gasteiger partial charge in [-0.2, -0.15) is 0 Å². The second-order valence-corrected chi connectivity index (χ2v) is 5.85. The first-order valence-electron chi connectivity index (χ1n) is 5.62. The van der Waals surface area contributed by atoms with Crippen molar-refractivity contribution in [2.24, 2.45) is 11.1 Å². The first kappa shape index (κ1) is 13.5. The third-order valence-corrected chi connectivity index (χ3v) is 3.61. The summed E-state index contributed by atoms with van der Waals surface area (Å²) in [4.78, 5) is 2.27. The van der Waals surface area contributed by atoms with Gasteiger partial charge in [-0.1, -0.05) is 26.0 Å². The number of para-hydroxylation sites is 1. The second-order valence-electron chi connectivity index (χ2n) is 4.99. The Morgan fingerprint density at radius 2 is 1.94 bits per heavy atom. The summed E-state index contributed by atoms with van der Waals surface area (Å²) in [5.74, 6) is 0. The van der Waals surface area contributed by atoms with Gasteiger partial charge >= 0.3 is 0 Å². The first-order valence-corrected chi connectivity index (χ1v) is 6.41. The smallest absolute Gasteiger partial charge is 0.0508 e. The van der Waals surface area contributed by atoms with Crippen molar-refractivity contribution in [2.75, 3.05) is 25.0 Å². The summed E-state index contributed by atoms with van der Waals surface area (Å²) in [6.07, 6.45) is 1.10. The van der Waals surface area contributed by atoms with Crippen LogP contribution in [0.15, 0.2) is 28.7 Å². The van der Waals surface area contributed by atoms with Crippen LogP contribution in [0.3, 0.4) is 0 Å². The highest BCUT2D eigenvalue weighted by Gasteiger charge is 2.16. The Balaban J connectivity index is 2.60. The van der Waals surface area contributed by atoms with Gasteiger partial charge < -0.3 is 10.6 Å². The van der Waals surface area contributed by atoms with E-state index in [1.54, 1.807) is 0 Å². The van der Waals surface area contributed by atoms with Crippen molar-refractivity contribution in [3.8, 4) is 0 Å². The van der Waals surface area contributed by atoms with Gasteiger partial charge in [-0.3, -0.25) is 0 Å². The van der Waals surface area contributed by atoms with Crippen molar-refractivity contribution in [1.29, 1.82) is 0 Å². The van der Waals surface area contributed by atoms with E-state index in [0.29, 0.717) is 0 Å². The van der Waals surface area contributed by atoms with Gasteiger partial charge in [0.1, 0.15) is 0 Å².